The van der Waals surface area contributed by atoms with Crippen LogP contribution in [0.5, 0.6) is 0 Å². The van der Waals surface area contributed by atoms with E-state index >= 15 is 0 Å². The van der Waals surface area contributed by atoms with Gasteiger partial charge in [0.05, 0.1) is 0 Å². The number of fused-ring (bicyclic) bond motifs is 1. The lowest BCUT2D eigenvalue weighted by atomic mass is 10.0. The predicted octanol–water partition coefficient (Wildman–Crippen LogP) is 4.18. The van der Waals surface area contributed by atoms with E-state index in [0.717, 1.165) is 10.8 Å². The number of nitrogens with zero attached hydrogens (tertiary/aromatic N) is 2. The monoisotopic (exact) mass is 367 g/mol. The number of rotatable bonds is 4. The molecule has 6 heteroatoms. The third-order valence-electron chi connectivity index (χ3n) is 4.03. The summed E-state index contributed by atoms with van der Waals surface area (Å²) in [7, 11) is 0. The van der Waals surface area contributed by atoms with Crippen LogP contribution in [0.2, 0.25) is 0 Å². The maximum Gasteiger partial charge on any atom is 0.254 e. The van der Waals surface area contributed by atoms with Crippen LogP contribution in [0.25, 0.3) is 10.8 Å². The number of nitrogens with one attached hydrogen (secondary N) is 1. The van der Waals surface area contributed by atoms with Crippen LogP contribution >= 0.6 is 11.3 Å². The van der Waals surface area contributed by atoms with E-state index in [0.29, 0.717) is 10.7 Å². The highest BCUT2D eigenvalue weighted by atomic mass is 32.1. The van der Waals surface area contributed by atoms with Crippen LogP contribution < -0.4 is 5.32 Å². The minimum atomic E-state index is -0.497. The van der Waals surface area contributed by atoms with Crippen molar-refractivity contribution in [3.63, 3.8) is 0 Å². The van der Waals surface area contributed by atoms with Gasteiger partial charge in [-0.05, 0) is 43.7 Å². The number of thiazole rings is 1. The van der Waals surface area contributed by atoms with Crippen LogP contribution in [-0.2, 0) is 4.79 Å². The zero-order valence-electron chi connectivity index (χ0n) is 15.0. The first kappa shape index (κ1) is 18.1. The van der Waals surface area contributed by atoms with E-state index in [1.807, 2.05) is 63.2 Å². The Hall–Kier alpha value is -2.73. The smallest absolute Gasteiger partial charge is 0.254 e. The van der Waals surface area contributed by atoms with E-state index in [-0.39, 0.29) is 18.4 Å². The maximum absolute atomic E-state index is 13.1. The number of anilines is 1. The molecule has 0 unspecified atom stereocenters. The molecule has 0 fully saturated rings. The van der Waals surface area contributed by atoms with Gasteiger partial charge in [-0.15, -0.1) is 11.3 Å². The van der Waals surface area contributed by atoms with Crippen molar-refractivity contribution in [1.29, 1.82) is 0 Å². The molecule has 3 aromatic rings. The molecule has 0 spiro atoms. The van der Waals surface area contributed by atoms with Crippen molar-refractivity contribution in [3.05, 3.63) is 59.6 Å². The zero-order valence-corrected chi connectivity index (χ0v) is 15.8. The summed E-state index contributed by atoms with van der Waals surface area (Å²) in [6, 6.07) is 13.5. The minimum Gasteiger partial charge on any atom is -0.324 e. The Kier molecular flexibility index (Phi) is 5.04. The lowest BCUT2D eigenvalue weighted by molar-refractivity contribution is -0.117. The molecule has 0 bridgehead atoms. The molecular formula is C20H21N3O2S. The van der Waals surface area contributed by atoms with Crippen LogP contribution in [0.3, 0.4) is 0 Å². The summed E-state index contributed by atoms with van der Waals surface area (Å²) in [5, 5.41) is 7.13. The molecule has 0 aliphatic carbocycles. The van der Waals surface area contributed by atoms with Crippen LogP contribution in [-0.4, -0.2) is 33.8 Å². The van der Waals surface area contributed by atoms with E-state index < -0.39 is 5.54 Å². The SMILES string of the molecule is CC(C)(C)N(CC(=O)Nc1nccs1)C(=O)c1ccc2ccccc2c1. The standard InChI is InChI=1S/C20H21N3O2S/c1-20(2,3)23(13-17(24)22-19-21-10-11-26-19)18(25)16-9-8-14-6-4-5-7-15(14)12-16/h4-12H,13H2,1-3H3,(H,21,22,24). The average Bonchev–Trinajstić information content (AvgIpc) is 3.10. The van der Waals surface area contributed by atoms with Gasteiger partial charge >= 0.3 is 0 Å². The van der Waals surface area contributed by atoms with Gasteiger partial charge in [0.15, 0.2) is 5.13 Å². The first-order valence-electron chi connectivity index (χ1n) is 8.35. The summed E-state index contributed by atoms with van der Waals surface area (Å²) < 4.78 is 0. The fourth-order valence-electron chi connectivity index (χ4n) is 2.68. The second kappa shape index (κ2) is 7.25. The number of aromatic nitrogens is 1. The molecule has 5 nitrogen and oxygen atoms in total. The Morgan fingerprint density at radius 2 is 1.85 bits per heavy atom. The fourth-order valence-corrected chi connectivity index (χ4v) is 3.22. The topological polar surface area (TPSA) is 62.3 Å². The molecule has 0 radical (unpaired) electrons. The Morgan fingerprint density at radius 3 is 2.50 bits per heavy atom. The normalized spacial score (nSPS) is 11.3. The Labute approximate surface area is 156 Å². The van der Waals surface area contributed by atoms with Crippen molar-refractivity contribution < 1.29 is 9.59 Å². The van der Waals surface area contributed by atoms with Crippen LogP contribution in [0.15, 0.2) is 54.0 Å². The van der Waals surface area contributed by atoms with Crippen molar-refractivity contribution in [2.45, 2.75) is 26.3 Å². The Morgan fingerprint density at radius 1 is 1.12 bits per heavy atom. The summed E-state index contributed by atoms with van der Waals surface area (Å²) >= 11 is 1.35. The van der Waals surface area contributed by atoms with E-state index in [1.165, 1.54) is 11.3 Å². The Balaban J connectivity index is 1.84. The second-order valence-electron chi connectivity index (χ2n) is 7.01. The fraction of sp³-hybridized carbons (Fsp3) is 0.250. The molecule has 0 saturated carbocycles. The number of hydrogen-bond donors (Lipinski definition) is 1. The van der Waals surface area contributed by atoms with Gasteiger partial charge in [0, 0.05) is 22.7 Å². The average molecular weight is 367 g/mol. The van der Waals surface area contributed by atoms with E-state index in [4.69, 9.17) is 0 Å². The second-order valence-corrected chi connectivity index (χ2v) is 7.90. The predicted molar refractivity (Wildman–Crippen MR) is 105 cm³/mol. The van der Waals surface area contributed by atoms with Gasteiger partial charge < -0.3 is 10.2 Å². The minimum absolute atomic E-state index is 0.0330. The molecule has 1 N–H and O–H groups in total. The van der Waals surface area contributed by atoms with Gasteiger partial charge in [-0.3, -0.25) is 9.59 Å². The van der Waals surface area contributed by atoms with E-state index in [9.17, 15) is 9.59 Å². The third-order valence-corrected chi connectivity index (χ3v) is 4.72. The number of amides is 2. The molecule has 0 atom stereocenters. The van der Waals surface area contributed by atoms with Gasteiger partial charge in [0.2, 0.25) is 5.91 Å². The molecular weight excluding hydrogens is 346 g/mol. The van der Waals surface area contributed by atoms with Gasteiger partial charge in [-0.25, -0.2) is 4.98 Å². The molecule has 1 heterocycles. The van der Waals surface area contributed by atoms with Gasteiger partial charge in [0.25, 0.3) is 5.91 Å². The highest BCUT2D eigenvalue weighted by Crippen LogP contribution is 2.21. The van der Waals surface area contributed by atoms with Crippen LogP contribution in [0.1, 0.15) is 31.1 Å². The van der Waals surface area contributed by atoms with Crippen molar-refractivity contribution >= 4 is 39.1 Å². The van der Waals surface area contributed by atoms with E-state index in [1.54, 1.807) is 16.5 Å². The maximum atomic E-state index is 13.1. The summed E-state index contributed by atoms with van der Waals surface area (Å²) in [6.45, 7) is 5.72. The largest absolute Gasteiger partial charge is 0.324 e. The molecule has 0 saturated heterocycles. The summed E-state index contributed by atoms with van der Waals surface area (Å²) in [5.74, 6) is -0.429. The van der Waals surface area contributed by atoms with Crippen molar-refractivity contribution in [2.75, 3.05) is 11.9 Å². The molecule has 0 aliphatic rings. The van der Waals surface area contributed by atoms with Gasteiger partial charge in [-0.1, -0.05) is 30.3 Å². The van der Waals surface area contributed by atoms with Crippen molar-refractivity contribution in [3.8, 4) is 0 Å². The molecule has 2 aromatic carbocycles. The Bertz CT molecular complexity index is 930. The number of carbonyl (C=O) groups excluding carboxylic acids is 2. The molecule has 26 heavy (non-hydrogen) atoms. The van der Waals surface area contributed by atoms with Crippen molar-refractivity contribution in [1.82, 2.24) is 9.88 Å². The summed E-state index contributed by atoms with van der Waals surface area (Å²) in [6.07, 6.45) is 1.63. The molecule has 1 aromatic heterocycles. The summed E-state index contributed by atoms with van der Waals surface area (Å²) in [4.78, 5) is 31.1. The number of carbonyl (C=O) groups is 2. The van der Waals surface area contributed by atoms with Crippen LogP contribution in [0, 0.1) is 0 Å². The molecule has 3 rings (SSSR count). The zero-order chi connectivity index (χ0) is 18.7. The quantitative estimate of drug-likeness (QED) is 0.752. The van der Waals surface area contributed by atoms with Crippen LogP contribution in [0.4, 0.5) is 5.13 Å². The molecule has 0 aliphatic heterocycles. The molecule has 2 amide bonds. The highest BCUT2D eigenvalue weighted by Gasteiger charge is 2.29. The molecule has 134 valence electrons. The third kappa shape index (κ3) is 4.08. The first-order chi connectivity index (χ1) is 12.3. The lowest BCUT2D eigenvalue weighted by Crippen LogP contribution is -2.49. The van der Waals surface area contributed by atoms with Crippen molar-refractivity contribution in [2.24, 2.45) is 0 Å². The van der Waals surface area contributed by atoms with Gasteiger partial charge in [0.1, 0.15) is 6.54 Å². The van der Waals surface area contributed by atoms with Gasteiger partial charge in [-0.2, -0.15) is 0 Å². The number of benzene rings is 2. The highest BCUT2D eigenvalue weighted by molar-refractivity contribution is 7.13. The summed E-state index contributed by atoms with van der Waals surface area (Å²) in [5.41, 5.74) is 0.0730. The lowest BCUT2D eigenvalue weighted by Gasteiger charge is -2.35. The number of hydrogen-bond acceptors (Lipinski definition) is 4. The first-order valence-corrected chi connectivity index (χ1v) is 9.23. The van der Waals surface area contributed by atoms with E-state index in [2.05, 4.69) is 10.3 Å².